The van der Waals surface area contributed by atoms with E-state index < -0.39 is 0 Å². The average molecular weight is 220 g/mol. The molecule has 0 aliphatic carbocycles. The molecule has 0 saturated heterocycles. The number of benzene rings is 1. The fourth-order valence-electron chi connectivity index (χ4n) is 0.729. The highest BCUT2D eigenvalue weighted by molar-refractivity contribution is 9.10. The van der Waals surface area contributed by atoms with Crippen LogP contribution in [0.3, 0.4) is 0 Å². The number of nitrogens with two attached hydrogens (primary N) is 1. The van der Waals surface area contributed by atoms with Crippen molar-refractivity contribution in [1.82, 2.24) is 0 Å². The summed E-state index contributed by atoms with van der Waals surface area (Å²) >= 11 is 9.06. The van der Waals surface area contributed by atoms with Crippen LogP contribution in [0.2, 0.25) is 5.02 Å². The van der Waals surface area contributed by atoms with Crippen LogP contribution < -0.4 is 5.73 Å². The number of halogens is 2. The van der Waals surface area contributed by atoms with Gasteiger partial charge in [-0.05, 0) is 23.8 Å². The van der Waals surface area contributed by atoms with Gasteiger partial charge in [-0.1, -0.05) is 27.5 Å². The lowest BCUT2D eigenvalue weighted by molar-refractivity contribution is 1.07. The molecule has 0 heterocycles. The van der Waals surface area contributed by atoms with E-state index in [0.29, 0.717) is 6.54 Å². The molecule has 0 saturated carbocycles. The molecule has 0 radical (unpaired) electrons. The van der Waals surface area contributed by atoms with E-state index in [1.165, 1.54) is 0 Å². The maximum Gasteiger partial charge on any atom is 0.0420 e. The third-order valence-corrected chi connectivity index (χ3v) is 1.83. The smallest absolute Gasteiger partial charge is 0.0420 e. The van der Waals surface area contributed by atoms with Gasteiger partial charge in [0.2, 0.25) is 0 Å². The predicted octanol–water partition coefficient (Wildman–Crippen LogP) is 2.56. The summed E-state index contributed by atoms with van der Waals surface area (Å²) in [6.07, 6.45) is 0. The van der Waals surface area contributed by atoms with Gasteiger partial charge in [-0.3, -0.25) is 0 Å². The Hall–Kier alpha value is -0.0500. The largest absolute Gasteiger partial charge is 0.326 e. The summed E-state index contributed by atoms with van der Waals surface area (Å²) in [6.45, 7) is 0.527. The van der Waals surface area contributed by atoms with Crippen molar-refractivity contribution in [3.8, 4) is 0 Å². The van der Waals surface area contributed by atoms with Crippen molar-refractivity contribution in [2.45, 2.75) is 6.54 Å². The van der Waals surface area contributed by atoms with Crippen molar-refractivity contribution >= 4 is 27.5 Å². The van der Waals surface area contributed by atoms with Crippen LogP contribution in [0.15, 0.2) is 22.7 Å². The molecule has 1 aromatic carbocycles. The monoisotopic (exact) mass is 219 g/mol. The predicted molar refractivity (Wildman–Crippen MR) is 47.0 cm³/mol. The van der Waals surface area contributed by atoms with Crippen LogP contribution in [0.4, 0.5) is 0 Å². The fourth-order valence-corrected chi connectivity index (χ4v) is 1.66. The molecule has 10 heavy (non-hydrogen) atoms. The third kappa shape index (κ3) is 1.97. The van der Waals surface area contributed by atoms with Crippen molar-refractivity contribution in [3.63, 3.8) is 0 Å². The zero-order valence-corrected chi connectivity index (χ0v) is 7.61. The van der Waals surface area contributed by atoms with Gasteiger partial charge in [0.15, 0.2) is 0 Å². The Morgan fingerprint density at radius 2 is 2.10 bits per heavy atom. The van der Waals surface area contributed by atoms with Gasteiger partial charge in [-0.15, -0.1) is 0 Å². The summed E-state index contributed by atoms with van der Waals surface area (Å²) in [5.41, 5.74) is 6.45. The van der Waals surface area contributed by atoms with Crippen molar-refractivity contribution in [2.24, 2.45) is 5.73 Å². The van der Waals surface area contributed by atoms with Crippen LogP contribution in [0.25, 0.3) is 0 Å². The van der Waals surface area contributed by atoms with E-state index in [0.717, 1.165) is 15.1 Å². The topological polar surface area (TPSA) is 26.0 Å². The molecule has 0 aromatic heterocycles. The second-order valence-corrected chi connectivity index (χ2v) is 3.33. The van der Waals surface area contributed by atoms with Crippen LogP contribution in [-0.4, -0.2) is 0 Å². The maximum absolute atomic E-state index is 5.74. The van der Waals surface area contributed by atoms with Gasteiger partial charge in [-0.2, -0.15) is 0 Å². The Labute approximate surface area is 73.3 Å². The first kappa shape index (κ1) is 8.05. The average Bonchev–Trinajstić information content (AvgIpc) is 1.85. The van der Waals surface area contributed by atoms with Crippen LogP contribution in [0.5, 0.6) is 0 Å². The Kier molecular flexibility index (Phi) is 2.72. The van der Waals surface area contributed by atoms with E-state index in [1.807, 2.05) is 18.2 Å². The van der Waals surface area contributed by atoms with Gasteiger partial charge in [0.25, 0.3) is 0 Å². The van der Waals surface area contributed by atoms with Gasteiger partial charge in [0.1, 0.15) is 0 Å². The Bertz CT molecular complexity index is 217. The summed E-state index contributed by atoms with van der Waals surface area (Å²) in [6, 6.07) is 5.64. The van der Waals surface area contributed by atoms with Crippen molar-refractivity contribution in [3.05, 3.63) is 33.3 Å². The summed E-state index contributed by atoms with van der Waals surface area (Å²) in [5, 5.41) is 0.717. The summed E-state index contributed by atoms with van der Waals surface area (Å²) in [5.74, 6) is 0. The fraction of sp³-hybridized carbons (Fsp3) is 0.143. The highest BCUT2D eigenvalue weighted by atomic mass is 79.9. The third-order valence-electron chi connectivity index (χ3n) is 1.16. The Morgan fingerprint density at radius 1 is 1.40 bits per heavy atom. The summed E-state index contributed by atoms with van der Waals surface area (Å²) in [4.78, 5) is 0. The van der Waals surface area contributed by atoms with Crippen molar-refractivity contribution in [2.75, 3.05) is 0 Å². The molecular weight excluding hydrogens is 213 g/mol. The molecule has 0 amide bonds. The van der Waals surface area contributed by atoms with Crippen LogP contribution in [0.1, 0.15) is 5.56 Å². The molecule has 0 atom stereocenters. The minimum absolute atomic E-state index is 0.527. The maximum atomic E-state index is 5.74. The highest BCUT2D eigenvalue weighted by Crippen LogP contribution is 2.18. The Morgan fingerprint density at radius 3 is 2.60 bits per heavy atom. The van der Waals surface area contributed by atoms with Gasteiger partial charge in [0, 0.05) is 16.0 Å². The molecule has 0 spiro atoms. The van der Waals surface area contributed by atoms with Crippen molar-refractivity contribution < 1.29 is 0 Å². The summed E-state index contributed by atoms with van der Waals surface area (Å²) in [7, 11) is 0. The van der Waals surface area contributed by atoms with Gasteiger partial charge >= 0.3 is 0 Å². The van der Waals surface area contributed by atoms with Crippen molar-refractivity contribution in [1.29, 1.82) is 0 Å². The molecule has 0 bridgehead atoms. The van der Waals surface area contributed by atoms with E-state index in [9.17, 15) is 0 Å². The molecule has 2 N–H and O–H groups in total. The molecule has 1 aromatic rings. The number of hydrogen-bond donors (Lipinski definition) is 1. The lowest BCUT2D eigenvalue weighted by Crippen LogP contribution is -1.95. The minimum Gasteiger partial charge on any atom is -0.326 e. The first-order valence-electron chi connectivity index (χ1n) is 2.87. The standard InChI is InChI=1S/C7H7BrClN/c8-6-1-5(4-10)2-7(9)3-6/h1-3H,4,10H2. The van der Waals surface area contributed by atoms with E-state index >= 15 is 0 Å². The van der Waals surface area contributed by atoms with Gasteiger partial charge in [-0.25, -0.2) is 0 Å². The highest BCUT2D eigenvalue weighted by Gasteiger charge is 1.94. The molecule has 1 rings (SSSR count). The zero-order valence-electron chi connectivity index (χ0n) is 5.27. The number of hydrogen-bond acceptors (Lipinski definition) is 1. The van der Waals surface area contributed by atoms with Gasteiger partial charge in [0.05, 0.1) is 0 Å². The van der Waals surface area contributed by atoms with Crippen LogP contribution in [0, 0.1) is 0 Å². The normalized spacial score (nSPS) is 9.90. The number of rotatable bonds is 1. The molecule has 0 aliphatic heterocycles. The van der Waals surface area contributed by atoms with E-state index in [2.05, 4.69) is 15.9 Å². The second-order valence-electron chi connectivity index (χ2n) is 1.98. The quantitative estimate of drug-likeness (QED) is 0.773. The summed E-state index contributed by atoms with van der Waals surface area (Å²) < 4.78 is 0.973. The van der Waals surface area contributed by atoms with Gasteiger partial charge < -0.3 is 5.73 Å². The minimum atomic E-state index is 0.527. The molecule has 0 fully saturated rings. The first-order chi connectivity index (χ1) is 4.72. The molecular formula is C7H7BrClN. The molecule has 1 nitrogen and oxygen atoms in total. The zero-order chi connectivity index (χ0) is 7.56. The lowest BCUT2D eigenvalue weighted by Gasteiger charge is -1.97. The van der Waals surface area contributed by atoms with E-state index in [-0.39, 0.29) is 0 Å². The van der Waals surface area contributed by atoms with Crippen LogP contribution in [-0.2, 0) is 6.54 Å². The molecule has 54 valence electrons. The second kappa shape index (κ2) is 3.37. The first-order valence-corrected chi connectivity index (χ1v) is 4.04. The molecule has 0 aliphatic rings. The lowest BCUT2D eigenvalue weighted by atomic mass is 10.2. The molecule has 0 unspecified atom stereocenters. The van der Waals surface area contributed by atoms with E-state index in [4.69, 9.17) is 17.3 Å². The SMILES string of the molecule is NCc1cc(Cl)cc(Br)c1. The van der Waals surface area contributed by atoms with Crippen LogP contribution >= 0.6 is 27.5 Å². The Balaban J connectivity index is 3.06. The van der Waals surface area contributed by atoms with E-state index in [1.54, 1.807) is 0 Å². The molecule has 3 heteroatoms.